The van der Waals surface area contributed by atoms with Crippen molar-refractivity contribution in [1.29, 1.82) is 0 Å². The molecule has 85 heavy (non-hydrogen) atoms. The van der Waals surface area contributed by atoms with Gasteiger partial charge in [0.1, 0.15) is 55.7 Å². The molecule has 4 aliphatic heterocycles. The number of rotatable bonds is 15. The molecule has 2 fully saturated rings. The van der Waals surface area contributed by atoms with Crippen molar-refractivity contribution in [2.75, 3.05) is 65.7 Å². The van der Waals surface area contributed by atoms with Gasteiger partial charge in [0.05, 0.1) is 11.0 Å². The third-order valence-electron chi connectivity index (χ3n) is 15.7. The number of ether oxygens (including phenoxy) is 7. The number of fused-ring (bicyclic) bond motifs is 4. The predicted molar refractivity (Wildman–Crippen MR) is 326 cm³/mol. The third kappa shape index (κ3) is 15.6. The molecule has 0 unspecified atom stereocenters. The maximum absolute atomic E-state index is 13.4. The number of piperidine rings is 2. The van der Waals surface area contributed by atoms with Crippen molar-refractivity contribution in [3.8, 4) is 34.5 Å². The average Bonchev–Trinajstić information content (AvgIpc) is 3.57. The van der Waals surface area contributed by atoms with Crippen molar-refractivity contribution in [1.82, 2.24) is 28.7 Å². The number of pyridine rings is 2. The van der Waals surface area contributed by atoms with Crippen molar-refractivity contribution in [2.24, 2.45) is 0 Å². The van der Waals surface area contributed by atoms with E-state index in [1.54, 1.807) is 28.8 Å². The van der Waals surface area contributed by atoms with Gasteiger partial charge < -0.3 is 67.0 Å². The third-order valence-corrected chi connectivity index (χ3v) is 15.7. The summed E-state index contributed by atoms with van der Waals surface area (Å²) in [6.45, 7) is 20.5. The number of hydrogen-bond acceptors (Lipinski definition) is 14. The van der Waals surface area contributed by atoms with Crippen LogP contribution in [0.25, 0.3) is 21.8 Å². The van der Waals surface area contributed by atoms with Crippen LogP contribution in [0.5, 0.6) is 34.5 Å². The van der Waals surface area contributed by atoms with E-state index in [2.05, 4.69) is 9.80 Å². The highest BCUT2D eigenvalue weighted by Crippen LogP contribution is 2.35. The number of hydrogen-bond donors (Lipinski definition) is 1. The van der Waals surface area contributed by atoms with E-state index in [4.69, 9.17) is 33.2 Å². The molecule has 7 aromatic rings. The van der Waals surface area contributed by atoms with Gasteiger partial charge in [-0.05, 0) is 145 Å². The molecule has 6 heterocycles. The molecule has 2 amide bonds. The molecule has 1 N–H and O–H groups in total. The van der Waals surface area contributed by atoms with E-state index in [1.807, 2.05) is 153 Å². The molecular formula is C67H80N6O12. The average molecular weight is 1160 g/mol. The van der Waals surface area contributed by atoms with Crippen LogP contribution in [-0.4, -0.2) is 135 Å². The fourth-order valence-electron chi connectivity index (χ4n) is 11.4. The predicted octanol–water partition coefficient (Wildman–Crippen LogP) is 10.6. The molecule has 4 aliphatic rings. The van der Waals surface area contributed by atoms with Crippen molar-refractivity contribution in [3.05, 3.63) is 165 Å². The second-order valence-electron chi connectivity index (χ2n) is 24.1. The maximum atomic E-state index is 13.4. The highest BCUT2D eigenvalue weighted by molar-refractivity contribution is 5.86. The van der Waals surface area contributed by atoms with Crippen LogP contribution in [0.1, 0.15) is 83.9 Å². The van der Waals surface area contributed by atoms with Crippen LogP contribution in [0.4, 0.5) is 9.59 Å². The number of phenols is 1. The smallest absolute Gasteiger partial charge is 0.410 e. The van der Waals surface area contributed by atoms with Gasteiger partial charge in [0.25, 0.3) is 11.1 Å². The summed E-state index contributed by atoms with van der Waals surface area (Å²) in [5.74, 6) is 3.80. The highest BCUT2D eigenvalue weighted by atomic mass is 16.6. The number of benzene rings is 5. The Kier molecular flexibility index (Phi) is 18.9. The van der Waals surface area contributed by atoms with Gasteiger partial charge in [0, 0.05) is 100 Å². The van der Waals surface area contributed by atoms with E-state index in [0.717, 1.165) is 109 Å². The molecule has 18 heteroatoms. The van der Waals surface area contributed by atoms with E-state index in [1.165, 1.54) is 6.07 Å². The molecular weight excluding hydrogens is 1080 g/mol. The quantitative estimate of drug-likeness (QED) is 0.103. The van der Waals surface area contributed by atoms with Gasteiger partial charge in [-0.1, -0.05) is 54.6 Å². The lowest BCUT2D eigenvalue weighted by Gasteiger charge is -2.39. The summed E-state index contributed by atoms with van der Waals surface area (Å²) >= 11 is 0. The minimum atomic E-state index is -0.596. The highest BCUT2D eigenvalue weighted by Gasteiger charge is 2.34. The lowest BCUT2D eigenvalue weighted by Crippen LogP contribution is -2.49. The van der Waals surface area contributed by atoms with E-state index in [-0.39, 0.29) is 41.1 Å². The molecule has 2 saturated heterocycles. The van der Waals surface area contributed by atoms with Gasteiger partial charge in [-0.15, -0.1) is 0 Å². The van der Waals surface area contributed by atoms with Gasteiger partial charge in [0.15, 0.2) is 23.0 Å². The zero-order valence-electron chi connectivity index (χ0n) is 49.8. The standard InChI is InChI=1S/C37H43N3O6.C30H37N3O6/c1-37(2,3)46-36(42)40(25-28-12-14-33-34(24-28)44-23-22-43-33)29-16-18-38(19-17-29)20-21-39-31-10-7-11-32(30(31)13-15-35(39)41)45-26-27-8-5-4-6-9-27;1-30(2,3)39-29(36)33(20-21-7-9-26-27(19-21)38-18-17-37-26)22-11-13-31(14-12-22)15-16-32-24-5-4-6-25(34)23(24)8-10-28(32)35/h4-15,24,29H,16-23,25-26H2,1-3H3;4-10,19,22,34H,11-18,20H2,1-3H3. The molecule has 2 aromatic heterocycles. The zero-order valence-corrected chi connectivity index (χ0v) is 49.8. The Hall–Kier alpha value is -8.22. The van der Waals surface area contributed by atoms with E-state index >= 15 is 0 Å². The summed E-state index contributed by atoms with van der Waals surface area (Å²) in [6, 6.07) is 39.6. The van der Waals surface area contributed by atoms with E-state index in [9.17, 15) is 24.3 Å². The Balaban J connectivity index is 0.000000192. The van der Waals surface area contributed by atoms with Crippen LogP contribution < -0.4 is 34.8 Å². The number of likely N-dealkylation sites (tertiary alicyclic amines) is 2. The maximum Gasteiger partial charge on any atom is 0.410 e. The Morgan fingerprint density at radius 3 is 1.44 bits per heavy atom. The van der Waals surface area contributed by atoms with E-state index in [0.29, 0.717) is 82.6 Å². The van der Waals surface area contributed by atoms with Crippen LogP contribution in [0, 0.1) is 0 Å². The van der Waals surface area contributed by atoms with Crippen molar-refractivity contribution < 1.29 is 47.9 Å². The number of aromatic hydroxyl groups is 1. The van der Waals surface area contributed by atoms with Gasteiger partial charge in [-0.2, -0.15) is 0 Å². The summed E-state index contributed by atoms with van der Waals surface area (Å²) in [6.07, 6.45) is 2.59. The van der Waals surface area contributed by atoms with Gasteiger partial charge >= 0.3 is 12.2 Å². The topological polar surface area (TPSA) is 176 Å². The Labute approximate surface area is 496 Å². The zero-order chi connectivity index (χ0) is 59.7. The molecule has 450 valence electrons. The summed E-state index contributed by atoms with van der Waals surface area (Å²) in [5, 5.41) is 11.8. The van der Waals surface area contributed by atoms with Crippen molar-refractivity contribution in [2.45, 2.75) is 123 Å². The summed E-state index contributed by atoms with van der Waals surface area (Å²) in [5.41, 5.74) is 3.32. The Morgan fingerprint density at radius 1 is 0.506 bits per heavy atom. The van der Waals surface area contributed by atoms with Gasteiger partial charge in [-0.25, -0.2) is 9.59 Å². The minimum absolute atomic E-state index is 0.0292. The molecule has 0 atom stereocenters. The molecule has 11 rings (SSSR count). The summed E-state index contributed by atoms with van der Waals surface area (Å²) < 4.78 is 44.2. The first-order valence-electron chi connectivity index (χ1n) is 29.7. The summed E-state index contributed by atoms with van der Waals surface area (Å²) in [7, 11) is 0. The summed E-state index contributed by atoms with van der Waals surface area (Å²) in [4.78, 5) is 60.8. The Bertz CT molecular complexity index is 3560. The molecule has 0 aliphatic carbocycles. The van der Waals surface area contributed by atoms with Gasteiger partial charge in [-0.3, -0.25) is 9.59 Å². The monoisotopic (exact) mass is 1160 g/mol. The first-order chi connectivity index (χ1) is 40.9. The lowest BCUT2D eigenvalue weighted by atomic mass is 10.0. The van der Waals surface area contributed by atoms with Crippen molar-refractivity contribution >= 4 is 34.0 Å². The second-order valence-corrected chi connectivity index (χ2v) is 24.1. The largest absolute Gasteiger partial charge is 0.507 e. The van der Waals surface area contributed by atoms with E-state index < -0.39 is 11.2 Å². The van der Waals surface area contributed by atoms with Crippen LogP contribution in [0.2, 0.25) is 0 Å². The number of nitrogens with zero attached hydrogens (tertiary/aromatic N) is 6. The van der Waals surface area contributed by atoms with Crippen LogP contribution >= 0.6 is 0 Å². The number of amides is 2. The first kappa shape index (κ1) is 59.9. The lowest BCUT2D eigenvalue weighted by molar-refractivity contribution is 0.00468. The number of phenolic OH excluding ortho intramolecular Hbond substituents is 1. The minimum Gasteiger partial charge on any atom is -0.507 e. The molecule has 0 spiro atoms. The second kappa shape index (κ2) is 26.8. The number of aromatic nitrogens is 2. The molecule has 0 saturated carbocycles. The SMILES string of the molecule is CC(C)(C)OC(=O)N(Cc1ccc2c(c1)OCCO2)C1CCN(CCn2c(=O)ccc3c(O)cccc32)CC1.CC(C)(C)OC(=O)N(Cc1ccc2c(c1)OCCO2)C1CCN(CCn2c(=O)ccc3c(OCc4ccccc4)cccc32)CC1. The fraction of sp³-hybridized carbons (Fsp3) is 0.433. The van der Waals surface area contributed by atoms with Crippen LogP contribution in [-0.2, 0) is 42.3 Å². The number of carbonyl (C=O) groups is 2. The normalized spacial score (nSPS) is 15.8. The fourth-order valence-corrected chi connectivity index (χ4v) is 11.4. The molecule has 0 radical (unpaired) electrons. The number of carbonyl (C=O) groups excluding carboxylic acids is 2. The first-order valence-corrected chi connectivity index (χ1v) is 29.7. The molecule has 0 bridgehead atoms. The van der Waals surface area contributed by atoms with Gasteiger partial charge in [0.2, 0.25) is 0 Å². The molecule has 18 nitrogen and oxygen atoms in total. The van der Waals surface area contributed by atoms with Crippen LogP contribution in [0.3, 0.4) is 0 Å². The molecule has 5 aromatic carbocycles. The van der Waals surface area contributed by atoms with Crippen molar-refractivity contribution in [3.63, 3.8) is 0 Å². The van der Waals surface area contributed by atoms with Crippen LogP contribution in [0.15, 0.2) is 137 Å². The Morgan fingerprint density at radius 2 is 0.953 bits per heavy atom.